The van der Waals surface area contributed by atoms with Crippen molar-refractivity contribution in [3.05, 3.63) is 77.0 Å². The zero-order valence-electron chi connectivity index (χ0n) is 13.6. The molecule has 2 nitrogen and oxygen atoms in total. The molecule has 1 heterocycles. The van der Waals surface area contributed by atoms with Crippen LogP contribution in [0.5, 0.6) is 0 Å². The minimum Gasteiger partial charge on any atom is -0.347 e. The first kappa shape index (κ1) is 14.6. The number of hydrogen-bond acceptors (Lipinski definition) is 2. The summed E-state index contributed by atoms with van der Waals surface area (Å²) in [4.78, 5) is 14.8. The van der Waals surface area contributed by atoms with Crippen molar-refractivity contribution in [1.82, 2.24) is 0 Å². The van der Waals surface area contributed by atoms with Crippen molar-refractivity contribution in [2.75, 3.05) is 11.9 Å². The molecule has 22 heavy (non-hydrogen) atoms. The second kappa shape index (κ2) is 5.13. The quantitative estimate of drug-likeness (QED) is 0.600. The molecular weight excluding hydrogens is 270 g/mol. The lowest BCUT2D eigenvalue weighted by molar-refractivity contribution is 0.104. The highest BCUT2D eigenvalue weighted by molar-refractivity contribution is 6.05. The molecule has 0 bridgehead atoms. The molecule has 0 aromatic heterocycles. The SMILES string of the molecule is Cc1cccc(C(=O)C=C2N(C)c3ccccc3C2(C)C)c1. The summed E-state index contributed by atoms with van der Waals surface area (Å²) in [5.74, 6) is 0.0615. The molecule has 0 N–H and O–H groups in total. The van der Waals surface area contributed by atoms with Crippen LogP contribution in [-0.2, 0) is 5.41 Å². The Bertz CT molecular complexity index is 771. The standard InChI is InChI=1S/C20H21NO/c1-14-8-7-9-15(12-14)18(22)13-19-20(2,3)16-10-5-6-11-17(16)21(19)4/h5-13H,1-4H3. The van der Waals surface area contributed by atoms with Gasteiger partial charge in [-0.2, -0.15) is 0 Å². The van der Waals surface area contributed by atoms with Gasteiger partial charge in [-0.3, -0.25) is 4.79 Å². The first-order valence-electron chi connectivity index (χ1n) is 7.57. The number of anilines is 1. The van der Waals surface area contributed by atoms with Crippen molar-refractivity contribution < 1.29 is 4.79 Å². The van der Waals surface area contributed by atoms with Crippen molar-refractivity contribution in [3.8, 4) is 0 Å². The Labute approximate surface area is 132 Å². The van der Waals surface area contributed by atoms with Crippen LogP contribution >= 0.6 is 0 Å². The number of ketones is 1. The first-order valence-corrected chi connectivity index (χ1v) is 7.57. The summed E-state index contributed by atoms with van der Waals surface area (Å²) in [6.45, 7) is 6.35. The Balaban J connectivity index is 2.04. The van der Waals surface area contributed by atoms with E-state index >= 15 is 0 Å². The van der Waals surface area contributed by atoms with E-state index in [9.17, 15) is 4.79 Å². The van der Waals surface area contributed by atoms with Gasteiger partial charge in [-0.25, -0.2) is 0 Å². The Morgan fingerprint density at radius 2 is 1.82 bits per heavy atom. The van der Waals surface area contributed by atoms with Gasteiger partial charge in [0.1, 0.15) is 0 Å². The highest BCUT2D eigenvalue weighted by Gasteiger charge is 2.38. The summed E-state index contributed by atoms with van der Waals surface area (Å²) >= 11 is 0. The van der Waals surface area contributed by atoms with E-state index in [1.807, 2.05) is 44.3 Å². The van der Waals surface area contributed by atoms with E-state index in [4.69, 9.17) is 0 Å². The van der Waals surface area contributed by atoms with Gasteiger partial charge in [0.25, 0.3) is 0 Å². The average Bonchev–Trinajstić information content (AvgIpc) is 2.69. The van der Waals surface area contributed by atoms with Gasteiger partial charge >= 0.3 is 0 Å². The molecule has 112 valence electrons. The third kappa shape index (κ3) is 2.25. The molecule has 0 unspecified atom stereocenters. The number of nitrogens with zero attached hydrogens (tertiary/aromatic N) is 1. The van der Waals surface area contributed by atoms with E-state index in [0.717, 1.165) is 16.8 Å². The maximum atomic E-state index is 12.6. The smallest absolute Gasteiger partial charge is 0.187 e. The van der Waals surface area contributed by atoms with Gasteiger partial charge in [-0.15, -0.1) is 0 Å². The van der Waals surface area contributed by atoms with E-state index in [1.54, 1.807) is 6.08 Å². The van der Waals surface area contributed by atoms with Gasteiger partial charge in [0.2, 0.25) is 0 Å². The van der Waals surface area contributed by atoms with Crippen LogP contribution in [0.4, 0.5) is 5.69 Å². The lowest BCUT2D eigenvalue weighted by Gasteiger charge is -2.24. The van der Waals surface area contributed by atoms with E-state index in [0.29, 0.717) is 0 Å². The Morgan fingerprint density at radius 1 is 1.09 bits per heavy atom. The number of carbonyl (C=O) groups is 1. The maximum Gasteiger partial charge on any atom is 0.187 e. The fourth-order valence-electron chi connectivity index (χ4n) is 3.26. The minimum atomic E-state index is -0.162. The minimum absolute atomic E-state index is 0.0615. The number of aryl methyl sites for hydroxylation is 1. The predicted octanol–water partition coefficient (Wildman–Crippen LogP) is 4.49. The molecule has 0 aliphatic carbocycles. The summed E-state index contributed by atoms with van der Waals surface area (Å²) in [6, 6.07) is 16.1. The topological polar surface area (TPSA) is 20.3 Å². The van der Waals surface area contributed by atoms with Crippen LogP contribution < -0.4 is 4.90 Å². The summed E-state index contributed by atoms with van der Waals surface area (Å²) < 4.78 is 0. The van der Waals surface area contributed by atoms with E-state index in [2.05, 4.69) is 36.9 Å². The zero-order valence-corrected chi connectivity index (χ0v) is 13.6. The average molecular weight is 291 g/mol. The fourth-order valence-corrected chi connectivity index (χ4v) is 3.26. The van der Waals surface area contributed by atoms with Gasteiger partial charge in [0, 0.05) is 35.5 Å². The van der Waals surface area contributed by atoms with Crippen LogP contribution in [0.3, 0.4) is 0 Å². The number of fused-ring (bicyclic) bond motifs is 1. The molecule has 1 aliphatic rings. The predicted molar refractivity (Wildman–Crippen MR) is 91.5 cm³/mol. The molecular formula is C20H21NO. The fraction of sp³-hybridized carbons (Fsp3) is 0.250. The van der Waals surface area contributed by atoms with Crippen molar-refractivity contribution >= 4 is 11.5 Å². The molecule has 0 atom stereocenters. The van der Waals surface area contributed by atoms with Gasteiger partial charge in [0.05, 0.1) is 0 Å². The molecule has 2 heteroatoms. The molecule has 2 aromatic rings. The van der Waals surface area contributed by atoms with Crippen molar-refractivity contribution in [1.29, 1.82) is 0 Å². The van der Waals surface area contributed by atoms with Crippen molar-refractivity contribution in [3.63, 3.8) is 0 Å². The number of benzene rings is 2. The van der Waals surface area contributed by atoms with Gasteiger partial charge < -0.3 is 4.90 Å². The van der Waals surface area contributed by atoms with Crippen LogP contribution in [0, 0.1) is 6.92 Å². The second-order valence-electron chi connectivity index (χ2n) is 6.46. The third-order valence-electron chi connectivity index (χ3n) is 4.51. The number of carbonyl (C=O) groups excluding carboxylic acids is 1. The molecule has 0 saturated heterocycles. The normalized spacial score (nSPS) is 17.6. The molecule has 0 spiro atoms. The van der Waals surface area contributed by atoms with E-state index in [-0.39, 0.29) is 11.2 Å². The number of hydrogen-bond donors (Lipinski definition) is 0. The largest absolute Gasteiger partial charge is 0.347 e. The number of allylic oxidation sites excluding steroid dienone is 2. The summed E-state index contributed by atoms with van der Waals surface area (Å²) in [5.41, 5.74) is 5.17. The van der Waals surface area contributed by atoms with Gasteiger partial charge in [-0.1, -0.05) is 55.8 Å². The van der Waals surface area contributed by atoms with Gasteiger partial charge in [-0.05, 0) is 24.6 Å². The second-order valence-corrected chi connectivity index (χ2v) is 6.46. The lowest BCUT2D eigenvalue weighted by atomic mass is 9.83. The Kier molecular flexibility index (Phi) is 3.40. The molecule has 3 rings (SSSR count). The summed E-state index contributed by atoms with van der Waals surface area (Å²) in [7, 11) is 2.03. The Hall–Kier alpha value is -2.35. The van der Waals surface area contributed by atoms with Crippen LogP contribution in [0.2, 0.25) is 0 Å². The van der Waals surface area contributed by atoms with Crippen LogP contribution in [0.25, 0.3) is 0 Å². The van der Waals surface area contributed by atoms with E-state index in [1.165, 1.54) is 11.3 Å². The van der Waals surface area contributed by atoms with Crippen molar-refractivity contribution in [2.24, 2.45) is 0 Å². The molecule has 0 saturated carbocycles. The summed E-state index contributed by atoms with van der Waals surface area (Å²) in [6.07, 6.45) is 1.79. The number of likely N-dealkylation sites (N-methyl/N-ethyl adjacent to an activating group) is 1. The molecule has 0 amide bonds. The summed E-state index contributed by atoms with van der Waals surface area (Å²) in [5, 5.41) is 0. The third-order valence-corrected chi connectivity index (χ3v) is 4.51. The van der Waals surface area contributed by atoms with Crippen LogP contribution in [0.15, 0.2) is 60.3 Å². The zero-order chi connectivity index (χ0) is 15.9. The van der Waals surface area contributed by atoms with Crippen LogP contribution in [-0.4, -0.2) is 12.8 Å². The number of rotatable bonds is 2. The maximum absolute atomic E-state index is 12.6. The lowest BCUT2D eigenvalue weighted by Crippen LogP contribution is -2.24. The van der Waals surface area contributed by atoms with Gasteiger partial charge in [0.15, 0.2) is 5.78 Å². The highest BCUT2D eigenvalue weighted by atomic mass is 16.1. The van der Waals surface area contributed by atoms with Crippen LogP contribution in [0.1, 0.15) is 35.3 Å². The monoisotopic (exact) mass is 291 g/mol. The molecule has 1 aliphatic heterocycles. The first-order chi connectivity index (χ1) is 10.4. The number of para-hydroxylation sites is 1. The highest BCUT2D eigenvalue weighted by Crippen LogP contribution is 2.46. The van der Waals surface area contributed by atoms with E-state index < -0.39 is 0 Å². The molecule has 0 fully saturated rings. The molecule has 0 radical (unpaired) electrons. The molecule has 2 aromatic carbocycles. The Morgan fingerprint density at radius 3 is 2.50 bits per heavy atom. The van der Waals surface area contributed by atoms with Crippen molar-refractivity contribution in [2.45, 2.75) is 26.2 Å².